The molecule has 26 heavy (non-hydrogen) atoms. The first kappa shape index (κ1) is 17.9. The quantitative estimate of drug-likeness (QED) is 0.865. The molecule has 0 aliphatic carbocycles. The largest absolute Gasteiger partial charge is 0.478 e. The predicted octanol–water partition coefficient (Wildman–Crippen LogP) is 2.54. The Kier molecular flexibility index (Phi) is 5.86. The Labute approximate surface area is 152 Å². The number of benzene rings is 2. The Balaban J connectivity index is 1.58. The number of amides is 2. The van der Waals surface area contributed by atoms with Gasteiger partial charge in [0.1, 0.15) is 0 Å². The van der Waals surface area contributed by atoms with E-state index in [9.17, 15) is 9.59 Å². The van der Waals surface area contributed by atoms with Crippen molar-refractivity contribution in [1.29, 1.82) is 0 Å². The van der Waals surface area contributed by atoms with Gasteiger partial charge in [-0.3, -0.25) is 0 Å². The van der Waals surface area contributed by atoms with Crippen LogP contribution in [-0.4, -0.2) is 47.8 Å². The molecule has 1 unspecified atom stereocenters. The van der Waals surface area contributed by atoms with E-state index in [4.69, 9.17) is 9.84 Å². The minimum Gasteiger partial charge on any atom is -0.478 e. The highest BCUT2D eigenvalue weighted by Gasteiger charge is 2.27. The highest BCUT2D eigenvalue weighted by molar-refractivity contribution is 5.87. The number of carboxylic acid groups (broad SMARTS) is 1. The average Bonchev–Trinajstić information content (AvgIpc) is 2.67. The van der Waals surface area contributed by atoms with Crippen molar-refractivity contribution >= 4 is 12.0 Å². The molecule has 0 saturated carbocycles. The van der Waals surface area contributed by atoms with Crippen LogP contribution in [0.5, 0.6) is 0 Å². The first-order valence-corrected chi connectivity index (χ1v) is 8.62. The number of urea groups is 1. The molecule has 136 valence electrons. The maximum atomic E-state index is 12.6. The lowest BCUT2D eigenvalue weighted by molar-refractivity contribution is 0.0126. The molecule has 1 atom stereocenters. The van der Waals surface area contributed by atoms with Gasteiger partial charge in [-0.05, 0) is 29.7 Å². The molecule has 3 rings (SSSR count). The smallest absolute Gasteiger partial charge is 0.335 e. The van der Waals surface area contributed by atoms with Crippen LogP contribution < -0.4 is 5.32 Å². The Hall–Kier alpha value is -2.86. The van der Waals surface area contributed by atoms with Crippen LogP contribution in [0.1, 0.15) is 21.5 Å². The number of nitrogens with one attached hydrogen (secondary N) is 1. The third-order valence-electron chi connectivity index (χ3n) is 4.45. The van der Waals surface area contributed by atoms with Crippen LogP contribution in [0.4, 0.5) is 4.79 Å². The number of carboxylic acids is 1. The Morgan fingerprint density at radius 3 is 2.50 bits per heavy atom. The van der Waals surface area contributed by atoms with Gasteiger partial charge in [-0.1, -0.05) is 42.5 Å². The minimum absolute atomic E-state index is 0.000497. The molecular formula is C20H22N2O4. The fourth-order valence-corrected chi connectivity index (χ4v) is 3.02. The highest BCUT2D eigenvalue weighted by Crippen LogP contribution is 2.14. The lowest BCUT2D eigenvalue weighted by Gasteiger charge is -2.35. The van der Waals surface area contributed by atoms with Gasteiger partial charge in [0, 0.05) is 13.1 Å². The first-order chi connectivity index (χ1) is 12.6. The molecule has 6 nitrogen and oxygen atoms in total. The summed E-state index contributed by atoms with van der Waals surface area (Å²) in [5.41, 5.74) is 2.26. The van der Waals surface area contributed by atoms with Crippen molar-refractivity contribution in [3.8, 4) is 0 Å². The zero-order valence-corrected chi connectivity index (χ0v) is 14.4. The molecule has 0 radical (unpaired) electrons. The number of hydrogen-bond donors (Lipinski definition) is 2. The van der Waals surface area contributed by atoms with E-state index in [1.165, 1.54) is 17.7 Å². The molecule has 0 aromatic heterocycles. The lowest BCUT2D eigenvalue weighted by atomic mass is 10.0. The van der Waals surface area contributed by atoms with Crippen molar-refractivity contribution < 1.29 is 19.4 Å². The number of hydrogen-bond acceptors (Lipinski definition) is 3. The van der Waals surface area contributed by atoms with Crippen LogP contribution in [-0.2, 0) is 17.7 Å². The molecular weight excluding hydrogens is 332 g/mol. The van der Waals surface area contributed by atoms with Crippen LogP contribution in [0, 0.1) is 0 Å². The summed E-state index contributed by atoms with van der Waals surface area (Å²) in [6.45, 7) is 1.97. The maximum Gasteiger partial charge on any atom is 0.335 e. The molecule has 1 aliphatic heterocycles. The summed E-state index contributed by atoms with van der Waals surface area (Å²) in [5, 5.41) is 11.8. The van der Waals surface area contributed by atoms with E-state index in [0.717, 1.165) is 12.0 Å². The summed E-state index contributed by atoms with van der Waals surface area (Å²) < 4.78 is 5.56. The topological polar surface area (TPSA) is 78.9 Å². The van der Waals surface area contributed by atoms with E-state index in [2.05, 4.69) is 17.4 Å². The Morgan fingerprint density at radius 1 is 1.08 bits per heavy atom. The van der Waals surface area contributed by atoms with Crippen molar-refractivity contribution in [3.05, 3.63) is 71.3 Å². The van der Waals surface area contributed by atoms with Gasteiger partial charge in [0.2, 0.25) is 0 Å². The van der Waals surface area contributed by atoms with Crippen LogP contribution >= 0.6 is 0 Å². The highest BCUT2D eigenvalue weighted by atomic mass is 16.5. The third-order valence-corrected chi connectivity index (χ3v) is 4.45. The van der Waals surface area contributed by atoms with Crippen LogP contribution in [0.25, 0.3) is 0 Å². The summed E-state index contributed by atoms with van der Waals surface area (Å²) in [6.07, 6.45) is 0.752. The van der Waals surface area contributed by atoms with Crippen molar-refractivity contribution in [2.75, 3.05) is 19.8 Å². The van der Waals surface area contributed by atoms with Crippen LogP contribution in [0.15, 0.2) is 54.6 Å². The zero-order chi connectivity index (χ0) is 18.4. The molecule has 1 heterocycles. The number of morpholine rings is 1. The molecule has 1 saturated heterocycles. The fourth-order valence-electron chi connectivity index (χ4n) is 3.02. The van der Waals surface area contributed by atoms with Gasteiger partial charge in [-0.2, -0.15) is 0 Å². The second-order valence-corrected chi connectivity index (χ2v) is 6.27. The number of nitrogens with zero attached hydrogens (tertiary/aromatic N) is 1. The summed E-state index contributed by atoms with van der Waals surface area (Å²) in [7, 11) is 0. The molecule has 6 heteroatoms. The van der Waals surface area contributed by atoms with Crippen LogP contribution in [0.3, 0.4) is 0 Å². The van der Waals surface area contributed by atoms with Gasteiger partial charge in [-0.15, -0.1) is 0 Å². The van der Waals surface area contributed by atoms with Crippen molar-refractivity contribution in [2.45, 2.75) is 19.0 Å². The molecule has 2 amide bonds. The van der Waals surface area contributed by atoms with E-state index in [-0.39, 0.29) is 17.6 Å². The fraction of sp³-hybridized carbons (Fsp3) is 0.300. The molecule has 2 aromatic rings. The standard InChI is InChI=1S/C20H22N2O4/c23-19(24)17-8-6-16(7-9-17)13-21-20(25)22-10-11-26-14-18(22)12-15-4-2-1-3-5-15/h1-9,18H,10-14H2,(H,21,25)(H,23,24). The number of ether oxygens (including phenoxy) is 1. The zero-order valence-electron chi connectivity index (χ0n) is 14.4. The Morgan fingerprint density at radius 2 is 1.81 bits per heavy atom. The predicted molar refractivity (Wildman–Crippen MR) is 97.1 cm³/mol. The van der Waals surface area contributed by atoms with Gasteiger partial charge >= 0.3 is 12.0 Å². The van der Waals surface area contributed by atoms with E-state index in [1.807, 2.05) is 23.1 Å². The number of carbonyl (C=O) groups is 2. The second kappa shape index (κ2) is 8.49. The molecule has 1 aliphatic rings. The molecule has 0 spiro atoms. The minimum atomic E-state index is -0.961. The second-order valence-electron chi connectivity index (χ2n) is 6.27. The number of aromatic carboxylic acids is 1. The van der Waals surface area contributed by atoms with Crippen molar-refractivity contribution in [3.63, 3.8) is 0 Å². The summed E-state index contributed by atoms with van der Waals surface area (Å²) in [6, 6.07) is 16.4. The molecule has 2 N–H and O–H groups in total. The SMILES string of the molecule is O=C(O)c1ccc(CNC(=O)N2CCOCC2Cc2ccccc2)cc1. The Bertz CT molecular complexity index is 746. The van der Waals surface area contributed by atoms with E-state index in [1.54, 1.807) is 12.1 Å². The summed E-state index contributed by atoms with van der Waals surface area (Å²) >= 11 is 0. The van der Waals surface area contributed by atoms with E-state index in [0.29, 0.717) is 26.3 Å². The molecule has 1 fully saturated rings. The van der Waals surface area contributed by atoms with Crippen molar-refractivity contribution in [1.82, 2.24) is 10.2 Å². The van der Waals surface area contributed by atoms with E-state index < -0.39 is 5.97 Å². The summed E-state index contributed by atoms with van der Waals surface area (Å²) in [4.78, 5) is 25.3. The van der Waals surface area contributed by atoms with Crippen LogP contribution in [0.2, 0.25) is 0 Å². The number of carbonyl (C=O) groups excluding carboxylic acids is 1. The maximum absolute atomic E-state index is 12.6. The van der Waals surface area contributed by atoms with E-state index >= 15 is 0 Å². The average molecular weight is 354 g/mol. The number of rotatable bonds is 5. The van der Waals surface area contributed by atoms with Gasteiger partial charge in [0.05, 0.1) is 24.8 Å². The van der Waals surface area contributed by atoms with Crippen molar-refractivity contribution in [2.24, 2.45) is 0 Å². The normalized spacial score (nSPS) is 16.9. The first-order valence-electron chi connectivity index (χ1n) is 8.62. The molecule has 2 aromatic carbocycles. The van der Waals surface area contributed by atoms with Gasteiger partial charge in [0.15, 0.2) is 0 Å². The summed E-state index contributed by atoms with van der Waals surface area (Å²) in [5.74, 6) is -0.961. The van der Waals surface area contributed by atoms with Gasteiger partial charge < -0.3 is 20.1 Å². The third kappa shape index (κ3) is 4.61. The molecule has 0 bridgehead atoms. The lowest BCUT2D eigenvalue weighted by Crippen LogP contribution is -2.53. The van der Waals surface area contributed by atoms with Gasteiger partial charge in [0.25, 0.3) is 0 Å². The monoisotopic (exact) mass is 354 g/mol. The van der Waals surface area contributed by atoms with Gasteiger partial charge in [-0.25, -0.2) is 9.59 Å².